The lowest BCUT2D eigenvalue weighted by atomic mass is 10.1. The van der Waals surface area contributed by atoms with Gasteiger partial charge in [0.15, 0.2) is 0 Å². The number of nitrogens with one attached hydrogen (secondary N) is 1. The number of aliphatic carboxylic acids is 1. The third-order valence-corrected chi connectivity index (χ3v) is 2.16. The zero-order valence-corrected chi connectivity index (χ0v) is 8.99. The lowest BCUT2D eigenvalue weighted by Gasteiger charge is -2.05. The Bertz CT molecular complexity index is 306. The molecule has 1 aromatic carbocycles. The quantitative estimate of drug-likeness (QED) is 0.753. The molecule has 0 atom stereocenters. The monoisotopic (exact) mass is 207 g/mol. The summed E-state index contributed by atoms with van der Waals surface area (Å²) in [6.07, 6.45) is 2.39. The van der Waals surface area contributed by atoms with Crippen molar-refractivity contribution in [2.75, 3.05) is 11.9 Å². The maximum absolute atomic E-state index is 10.3. The number of carbonyl (C=O) groups is 1. The topological polar surface area (TPSA) is 49.3 Å². The predicted molar refractivity (Wildman–Crippen MR) is 61.2 cm³/mol. The SMILES string of the molecule is CCCc1ccc(NCCC(=O)O)cc1. The summed E-state index contributed by atoms with van der Waals surface area (Å²) in [7, 11) is 0. The van der Waals surface area contributed by atoms with E-state index in [-0.39, 0.29) is 6.42 Å². The number of rotatable bonds is 6. The van der Waals surface area contributed by atoms with Crippen molar-refractivity contribution in [3.8, 4) is 0 Å². The molecule has 0 radical (unpaired) electrons. The first-order valence-electron chi connectivity index (χ1n) is 5.27. The summed E-state index contributed by atoms with van der Waals surface area (Å²) in [4.78, 5) is 10.3. The number of anilines is 1. The highest BCUT2D eigenvalue weighted by Gasteiger charge is 1.96. The number of hydrogen-bond donors (Lipinski definition) is 2. The second-order valence-electron chi connectivity index (χ2n) is 3.52. The van der Waals surface area contributed by atoms with E-state index >= 15 is 0 Å². The van der Waals surface area contributed by atoms with Gasteiger partial charge in [0.1, 0.15) is 0 Å². The summed E-state index contributed by atoms with van der Waals surface area (Å²) in [6, 6.07) is 8.14. The fourth-order valence-electron chi connectivity index (χ4n) is 1.39. The molecule has 0 heterocycles. The maximum atomic E-state index is 10.3. The average Bonchev–Trinajstić information content (AvgIpc) is 2.20. The van der Waals surface area contributed by atoms with E-state index in [1.165, 1.54) is 5.56 Å². The minimum atomic E-state index is -0.773. The zero-order valence-electron chi connectivity index (χ0n) is 8.99. The third-order valence-electron chi connectivity index (χ3n) is 2.16. The van der Waals surface area contributed by atoms with Crippen molar-refractivity contribution in [3.63, 3.8) is 0 Å². The van der Waals surface area contributed by atoms with E-state index in [1.807, 2.05) is 12.1 Å². The van der Waals surface area contributed by atoms with Crippen LogP contribution in [0.5, 0.6) is 0 Å². The van der Waals surface area contributed by atoms with Crippen LogP contribution in [0, 0.1) is 0 Å². The van der Waals surface area contributed by atoms with Gasteiger partial charge in [0.05, 0.1) is 6.42 Å². The highest BCUT2D eigenvalue weighted by molar-refractivity contribution is 5.67. The van der Waals surface area contributed by atoms with Crippen molar-refractivity contribution in [1.29, 1.82) is 0 Å². The molecular weight excluding hydrogens is 190 g/mol. The van der Waals surface area contributed by atoms with Gasteiger partial charge in [-0.25, -0.2) is 0 Å². The van der Waals surface area contributed by atoms with Crippen LogP contribution in [0.1, 0.15) is 25.3 Å². The van der Waals surface area contributed by atoms with Gasteiger partial charge in [-0.1, -0.05) is 25.5 Å². The Morgan fingerprint density at radius 3 is 2.53 bits per heavy atom. The predicted octanol–water partition coefficient (Wildman–Crippen LogP) is 2.53. The van der Waals surface area contributed by atoms with Crippen molar-refractivity contribution < 1.29 is 9.90 Å². The minimum Gasteiger partial charge on any atom is -0.481 e. The van der Waals surface area contributed by atoms with E-state index < -0.39 is 5.97 Å². The molecule has 0 saturated heterocycles. The minimum absolute atomic E-state index is 0.150. The molecule has 0 aromatic heterocycles. The van der Waals surface area contributed by atoms with Crippen LogP contribution in [0.25, 0.3) is 0 Å². The van der Waals surface area contributed by atoms with E-state index in [1.54, 1.807) is 0 Å². The van der Waals surface area contributed by atoms with Gasteiger partial charge in [-0.3, -0.25) is 4.79 Å². The molecule has 82 valence electrons. The van der Waals surface area contributed by atoms with Gasteiger partial charge in [-0.15, -0.1) is 0 Å². The molecule has 2 N–H and O–H groups in total. The summed E-state index contributed by atoms with van der Waals surface area (Å²) in [5, 5.41) is 11.5. The average molecular weight is 207 g/mol. The van der Waals surface area contributed by atoms with Crippen molar-refractivity contribution in [3.05, 3.63) is 29.8 Å². The van der Waals surface area contributed by atoms with Crippen LogP contribution >= 0.6 is 0 Å². The Balaban J connectivity index is 2.39. The number of hydrogen-bond acceptors (Lipinski definition) is 2. The molecule has 3 nitrogen and oxygen atoms in total. The molecule has 0 aliphatic rings. The van der Waals surface area contributed by atoms with E-state index in [2.05, 4.69) is 24.4 Å². The number of aryl methyl sites for hydroxylation is 1. The van der Waals surface area contributed by atoms with Gasteiger partial charge in [0, 0.05) is 12.2 Å². The normalized spacial score (nSPS) is 9.93. The largest absolute Gasteiger partial charge is 0.481 e. The highest BCUT2D eigenvalue weighted by Crippen LogP contribution is 2.10. The van der Waals surface area contributed by atoms with Gasteiger partial charge < -0.3 is 10.4 Å². The first-order valence-corrected chi connectivity index (χ1v) is 5.27. The summed E-state index contributed by atoms with van der Waals surface area (Å²) >= 11 is 0. The molecular formula is C12H17NO2. The summed E-state index contributed by atoms with van der Waals surface area (Å²) < 4.78 is 0. The van der Waals surface area contributed by atoms with Crippen LogP contribution in [-0.4, -0.2) is 17.6 Å². The molecule has 0 unspecified atom stereocenters. The molecule has 1 aromatic rings. The Morgan fingerprint density at radius 2 is 2.00 bits per heavy atom. The zero-order chi connectivity index (χ0) is 11.1. The van der Waals surface area contributed by atoms with Crippen molar-refractivity contribution in [2.45, 2.75) is 26.2 Å². The second kappa shape index (κ2) is 6.06. The first-order chi connectivity index (χ1) is 7.22. The Morgan fingerprint density at radius 1 is 1.33 bits per heavy atom. The molecule has 0 saturated carbocycles. The lowest BCUT2D eigenvalue weighted by molar-refractivity contribution is -0.136. The van der Waals surface area contributed by atoms with Crippen LogP contribution in [0.15, 0.2) is 24.3 Å². The fraction of sp³-hybridized carbons (Fsp3) is 0.417. The molecule has 15 heavy (non-hydrogen) atoms. The number of carboxylic acid groups (broad SMARTS) is 1. The molecule has 0 aliphatic carbocycles. The fourth-order valence-corrected chi connectivity index (χ4v) is 1.39. The van der Waals surface area contributed by atoms with Crippen LogP contribution in [0.2, 0.25) is 0 Å². The van der Waals surface area contributed by atoms with Crippen LogP contribution < -0.4 is 5.32 Å². The third kappa shape index (κ3) is 4.49. The lowest BCUT2D eigenvalue weighted by Crippen LogP contribution is -2.07. The van der Waals surface area contributed by atoms with Crippen LogP contribution in [0.4, 0.5) is 5.69 Å². The van der Waals surface area contributed by atoms with E-state index in [0.29, 0.717) is 6.54 Å². The van der Waals surface area contributed by atoms with Crippen molar-refractivity contribution in [2.24, 2.45) is 0 Å². The molecule has 1 rings (SSSR count). The van der Waals surface area contributed by atoms with Gasteiger partial charge >= 0.3 is 5.97 Å². The summed E-state index contributed by atoms with van der Waals surface area (Å²) in [5.74, 6) is -0.773. The van der Waals surface area contributed by atoms with Crippen molar-refractivity contribution in [1.82, 2.24) is 0 Å². The standard InChI is InChI=1S/C12H17NO2/c1-2-3-10-4-6-11(7-5-10)13-9-8-12(14)15/h4-7,13H,2-3,8-9H2,1H3,(H,14,15). The van der Waals surface area contributed by atoms with E-state index in [4.69, 9.17) is 5.11 Å². The summed E-state index contributed by atoms with van der Waals surface area (Å²) in [5.41, 5.74) is 2.30. The van der Waals surface area contributed by atoms with Crippen LogP contribution in [-0.2, 0) is 11.2 Å². The second-order valence-corrected chi connectivity index (χ2v) is 3.52. The molecule has 0 aliphatic heterocycles. The van der Waals surface area contributed by atoms with Gasteiger partial charge in [-0.05, 0) is 24.1 Å². The molecule has 3 heteroatoms. The Kier molecular flexibility index (Phi) is 4.68. The Hall–Kier alpha value is -1.51. The first kappa shape index (κ1) is 11.6. The molecule has 0 amide bonds. The van der Waals surface area contributed by atoms with Gasteiger partial charge in [-0.2, -0.15) is 0 Å². The number of carboxylic acids is 1. The van der Waals surface area contributed by atoms with E-state index in [9.17, 15) is 4.79 Å². The smallest absolute Gasteiger partial charge is 0.305 e. The highest BCUT2D eigenvalue weighted by atomic mass is 16.4. The van der Waals surface area contributed by atoms with Crippen LogP contribution in [0.3, 0.4) is 0 Å². The number of benzene rings is 1. The molecule has 0 spiro atoms. The van der Waals surface area contributed by atoms with Gasteiger partial charge in [0.2, 0.25) is 0 Å². The molecule has 0 bridgehead atoms. The summed E-state index contributed by atoms with van der Waals surface area (Å²) in [6.45, 7) is 2.63. The molecule has 0 fully saturated rings. The van der Waals surface area contributed by atoms with Crippen molar-refractivity contribution >= 4 is 11.7 Å². The Labute approximate surface area is 90.1 Å². The maximum Gasteiger partial charge on any atom is 0.305 e. The van der Waals surface area contributed by atoms with E-state index in [0.717, 1.165) is 18.5 Å². The van der Waals surface area contributed by atoms with Gasteiger partial charge in [0.25, 0.3) is 0 Å².